The molecule has 0 aliphatic carbocycles. The number of carbonyl (C=O) groups excluding carboxylic acids is 1. The van der Waals surface area contributed by atoms with Crippen LogP contribution < -0.4 is 5.32 Å². The molecule has 1 aliphatic heterocycles. The second-order valence-electron chi connectivity index (χ2n) is 6.87. The molecule has 0 saturated heterocycles. The Kier molecular flexibility index (Phi) is 3.61. The van der Waals surface area contributed by atoms with Crippen molar-refractivity contribution in [3.8, 4) is 17.0 Å². The number of carbonyl (C=O) groups is 1. The molecule has 5 rings (SSSR count). The zero-order valence-electron chi connectivity index (χ0n) is 15.1. The van der Waals surface area contributed by atoms with Gasteiger partial charge in [-0.3, -0.25) is 14.5 Å². The summed E-state index contributed by atoms with van der Waals surface area (Å²) >= 11 is 0. The van der Waals surface area contributed by atoms with Crippen molar-refractivity contribution in [3.63, 3.8) is 0 Å². The summed E-state index contributed by atoms with van der Waals surface area (Å²) in [5.41, 5.74) is 3.82. The smallest absolute Gasteiger partial charge is 0.226 e. The summed E-state index contributed by atoms with van der Waals surface area (Å²) in [7, 11) is 1.81. The summed E-state index contributed by atoms with van der Waals surface area (Å²) in [6.45, 7) is 0. The van der Waals surface area contributed by atoms with Gasteiger partial charge in [0, 0.05) is 54.0 Å². The number of fused-ring (bicyclic) bond motifs is 2. The molecule has 138 valence electrons. The van der Waals surface area contributed by atoms with Crippen molar-refractivity contribution < 1.29 is 9.90 Å². The fourth-order valence-corrected chi connectivity index (χ4v) is 3.80. The number of aromatic hydroxyl groups is 1. The number of benzene rings is 1. The minimum Gasteiger partial charge on any atom is -0.506 e. The van der Waals surface area contributed by atoms with Gasteiger partial charge < -0.3 is 10.4 Å². The number of pyridine rings is 2. The molecule has 1 aliphatic rings. The topological polar surface area (TPSA) is 92.9 Å². The third kappa shape index (κ3) is 2.51. The zero-order chi connectivity index (χ0) is 19.3. The first-order chi connectivity index (χ1) is 13.6. The van der Waals surface area contributed by atoms with Gasteiger partial charge in [0.2, 0.25) is 5.91 Å². The maximum atomic E-state index is 12.4. The summed E-state index contributed by atoms with van der Waals surface area (Å²) < 4.78 is 1.68. The third-order valence-corrected chi connectivity index (χ3v) is 5.09. The molecule has 0 unspecified atom stereocenters. The van der Waals surface area contributed by atoms with E-state index in [-0.39, 0.29) is 24.0 Å². The van der Waals surface area contributed by atoms with Crippen molar-refractivity contribution in [1.82, 2.24) is 19.7 Å². The van der Waals surface area contributed by atoms with Gasteiger partial charge in [0.25, 0.3) is 0 Å². The molecule has 1 atom stereocenters. The number of hydrogen-bond donors (Lipinski definition) is 2. The van der Waals surface area contributed by atoms with Crippen molar-refractivity contribution in [3.05, 3.63) is 66.1 Å². The SMILES string of the molecule is Cn1nc(-c2cccnc2)c2c1NC(=O)C[C@H]2c1ccc2cccc(O)c2n1. The molecule has 1 amide bonds. The highest BCUT2D eigenvalue weighted by molar-refractivity contribution is 5.96. The van der Waals surface area contributed by atoms with Crippen LogP contribution in [0, 0.1) is 0 Å². The molecule has 0 saturated carbocycles. The van der Waals surface area contributed by atoms with E-state index in [4.69, 9.17) is 4.98 Å². The normalized spacial score (nSPS) is 16.0. The summed E-state index contributed by atoms with van der Waals surface area (Å²) in [6, 6.07) is 12.9. The number of amides is 1. The van der Waals surface area contributed by atoms with Crippen molar-refractivity contribution in [2.45, 2.75) is 12.3 Å². The van der Waals surface area contributed by atoms with Gasteiger partial charge in [0.15, 0.2) is 0 Å². The summed E-state index contributed by atoms with van der Waals surface area (Å²) in [5.74, 6) is 0.437. The average Bonchev–Trinajstić information content (AvgIpc) is 3.05. The number of nitrogens with one attached hydrogen (secondary N) is 1. The standard InChI is InChI=1S/C21H17N5O2/c1-26-21-18(20(25-26)13-5-3-9-22-11-13)14(10-17(28)24-21)15-8-7-12-4-2-6-16(27)19(12)23-15/h2-9,11,14,27H,10H2,1H3,(H,24,28)/t14-/m0/s1. The Balaban J connectivity index is 1.73. The van der Waals surface area contributed by atoms with Crippen molar-refractivity contribution in [2.24, 2.45) is 7.05 Å². The molecule has 0 bridgehead atoms. The number of aryl methyl sites for hydroxylation is 1. The quantitative estimate of drug-likeness (QED) is 0.564. The fourth-order valence-electron chi connectivity index (χ4n) is 3.80. The largest absolute Gasteiger partial charge is 0.506 e. The van der Waals surface area contributed by atoms with Gasteiger partial charge in [-0.05, 0) is 24.3 Å². The Morgan fingerprint density at radius 3 is 2.89 bits per heavy atom. The Morgan fingerprint density at radius 1 is 1.18 bits per heavy atom. The van der Waals surface area contributed by atoms with E-state index in [0.717, 1.165) is 27.9 Å². The second kappa shape index (κ2) is 6.16. The highest BCUT2D eigenvalue weighted by Gasteiger charge is 2.34. The minimum absolute atomic E-state index is 0.0857. The van der Waals surface area contributed by atoms with Gasteiger partial charge in [-0.25, -0.2) is 4.98 Å². The number of anilines is 1. The number of hydrogen-bond acceptors (Lipinski definition) is 5. The van der Waals surface area contributed by atoms with Gasteiger partial charge in [0.05, 0.1) is 5.69 Å². The maximum absolute atomic E-state index is 12.4. The molecule has 7 heteroatoms. The van der Waals surface area contributed by atoms with E-state index >= 15 is 0 Å². The molecular formula is C21H17N5O2. The van der Waals surface area contributed by atoms with E-state index in [1.807, 2.05) is 30.3 Å². The number of aromatic nitrogens is 4. The van der Waals surface area contributed by atoms with Gasteiger partial charge in [-0.15, -0.1) is 0 Å². The van der Waals surface area contributed by atoms with Crippen LogP contribution in [0.5, 0.6) is 5.75 Å². The van der Waals surface area contributed by atoms with Crippen LogP contribution in [-0.2, 0) is 11.8 Å². The van der Waals surface area contributed by atoms with Crippen LogP contribution in [0.2, 0.25) is 0 Å². The molecular weight excluding hydrogens is 354 g/mol. The third-order valence-electron chi connectivity index (χ3n) is 5.09. The van der Waals surface area contributed by atoms with E-state index in [1.165, 1.54) is 0 Å². The van der Waals surface area contributed by atoms with Crippen LogP contribution in [0.3, 0.4) is 0 Å². The minimum atomic E-state index is -0.267. The predicted octanol–water partition coefficient (Wildman–Crippen LogP) is 3.21. The fraction of sp³-hybridized carbons (Fsp3) is 0.143. The second-order valence-corrected chi connectivity index (χ2v) is 6.87. The summed E-state index contributed by atoms with van der Waals surface area (Å²) in [5, 5.41) is 18.6. The molecule has 3 aromatic heterocycles. The highest BCUT2D eigenvalue weighted by atomic mass is 16.3. The Bertz CT molecular complexity index is 1220. The number of rotatable bonds is 2. The molecule has 4 aromatic rings. The van der Waals surface area contributed by atoms with E-state index in [9.17, 15) is 9.90 Å². The number of nitrogens with zero attached hydrogens (tertiary/aromatic N) is 4. The first kappa shape index (κ1) is 16.4. The molecule has 0 fully saturated rings. The first-order valence-electron chi connectivity index (χ1n) is 8.97. The van der Waals surface area contributed by atoms with E-state index in [2.05, 4.69) is 15.4 Å². The van der Waals surface area contributed by atoms with E-state index in [0.29, 0.717) is 11.3 Å². The van der Waals surface area contributed by atoms with Crippen molar-refractivity contribution in [2.75, 3.05) is 5.32 Å². The first-order valence-corrected chi connectivity index (χ1v) is 8.97. The molecule has 28 heavy (non-hydrogen) atoms. The maximum Gasteiger partial charge on any atom is 0.226 e. The van der Waals surface area contributed by atoms with E-state index in [1.54, 1.807) is 36.3 Å². The van der Waals surface area contributed by atoms with Gasteiger partial charge >= 0.3 is 0 Å². The van der Waals surface area contributed by atoms with Crippen molar-refractivity contribution in [1.29, 1.82) is 0 Å². The lowest BCUT2D eigenvalue weighted by molar-refractivity contribution is -0.116. The molecule has 0 radical (unpaired) electrons. The lowest BCUT2D eigenvalue weighted by atomic mass is 9.87. The van der Waals surface area contributed by atoms with Gasteiger partial charge in [0.1, 0.15) is 17.1 Å². The van der Waals surface area contributed by atoms with Gasteiger partial charge in [-0.2, -0.15) is 5.10 Å². The van der Waals surface area contributed by atoms with Crippen LogP contribution in [0.25, 0.3) is 22.2 Å². The predicted molar refractivity (Wildman–Crippen MR) is 105 cm³/mol. The molecule has 1 aromatic carbocycles. The van der Waals surface area contributed by atoms with Crippen LogP contribution in [0.4, 0.5) is 5.82 Å². The van der Waals surface area contributed by atoms with Crippen LogP contribution >= 0.6 is 0 Å². The summed E-state index contributed by atoms with van der Waals surface area (Å²) in [4.78, 5) is 21.3. The highest BCUT2D eigenvalue weighted by Crippen LogP contribution is 2.42. The lowest BCUT2D eigenvalue weighted by Crippen LogP contribution is -2.25. The van der Waals surface area contributed by atoms with Crippen LogP contribution in [0.15, 0.2) is 54.9 Å². The molecule has 7 nitrogen and oxygen atoms in total. The lowest BCUT2D eigenvalue weighted by Gasteiger charge is -2.24. The number of para-hydroxylation sites is 1. The Labute approximate surface area is 160 Å². The number of phenolic OH excluding ortho intramolecular Hbond substituents is 1. The number of phenols is 1. The Hall–Kier alpha value is -3.74. The van der Waals surface area contributed by atoms with Crippen LogP contribution in [0.1, 0.15) is 23.6 Å². The molecule has 0 spiro atoms. The average molecular weight is 371 g/mol. The summed E-state index contributed by atoms with van der Waals surface area (Å²) in [6.07, 6.45) is 3.74. The van der Waals surface area contributed by atoms with E-state index < -0.39 is 0 Å². The van der Waals surface area contributed by atoms with Crippen molar-refractivity contribution >= 4 is 22.6 Å². The molecule has 2 N–H and O–H groups in total. The Morgan fingerprint density at radius 2 is 2.07 bits per heavy atom. The zero-order valence-corrected chi connectivity index (χ0v) is 15.1. The van der Waals surface area contributed by atoms with Crippen LogP contribution in [-0.4, -0.2) is 30.8 Å². The van der Waals surface area contributed by atoms with Gasteiger partial charge in [-0.1, -0.05) is 18.2 Å². The molecule has 4 heterocycles. The monoisotopic (exact) mass is 371 g/mol.